The molecule has 0 saturated heterocycles. The van der Waals surface area contributed by atoms with Crippen molar-refractivity contribution < 1.29 is 18.7 Å². The molecule has 0 fully saturated rings. The van der Waals surface area contributed by atoms with E-state index >= 15 is 0 Å². The van der Waals surface area contributed by atoms with E-state index in [1.807, 2.05) is 12.1 Å². The second kappa shape index (κ2) is 10.5. The SMILES string of the molecule is CCc1ccc2nc(-c3ccc(F)cc3)nc(SCC(=O)Nc3cc(OC)ccc3OC)c2c1. The average molecular weight is 478 g/mol. The zero-order valence-corrected chi connectivity index (χ0v) is 19.9. The van der Waals surface area contributed by atoms with Gasteiger partial charge in [-0.05, 0) is 60.5 Å². The van der Waals surface area contributed by atoms with Gasteiger partial charge in [-0.15, -0.1) is 0 Å². The number of rotatable bonds is 8. The Morgan fingerprint density at radius 3 is 2.50 bits per heavy atom. The van der Waals surface area contributed by atoms with E-state index < -0.39 is 0 Å². The summed E-state index contributed by atoms with van der Waals surface area (Å²) in [6.45, 7) is 2.08. The van der Waals surface area contributed by atoms with E-state index in [-0.39, 0.29) is 17.5 Å². The highest BCUT2D eigenvalue weighted by molar-refractivity contribution is 8.00. The first kappa shape index (κ1) is 23.5. The highest BCUT2D eigenvalue weighted by Gasteiger charge is 2.14. The minimum absolute atomic E-state index is 0.131. The molecule has 0 aliphatic heterocycles. The molecule has 0 atom stereocenters. The summed E-state index contributed by atoms with van der Waals surface area (Å²) in [6.07, 6.45) is 0.871. The monoisotopic (exact) mass is 477 g/mol. The first-order valence-electron chi connectivity index (χ1n) is 10.7. The normalized spacial score (nSPS) is 10.8. The molecule has 0 bridgehead atoms. The van der Waals surface area contributed by atoms with E-state index in [4.69, 9.17) is 14.5 Å². The van der Waals surface area contributed by atoms with E-state index in [1.165, 1.54) is 23.9 Å². The molecule has 3 aromatic carbocycles. The van der Waals surface area contributed by atoms with E-state index in [0.717, 1.165) is 22.9 Å². The van der Waals surface area contributed by atoms with Crippen LogP contribution < -0.4 is 14.8 Å². The van der Waals surface area contributed by atoms with Gasteiger partial charge in [0, 0.05) is 17.0 Å². The predicted octanol–water partition coefficient (Wildman–Crippen LogP) is 5.75. The molecule has 1 amide bonds. The summed E-state index contributed by atoms with van der Waals surface area (Å²) in [5.74, 6) is 1.23. The molecule has 0 saturated carbocycles. The number of ether oxygens (including phenoxy) is 2. The summed E-state index contributed by atoms with van der Waals surface area (Å²) in [5, 5.41) is 4.44. The van der Waals surface area contributed by atoms with Crippen LogP contribution in [0.2, 0.25) is 0 Å². The van der Waals surface area contributed by atoms with E-state index in [0.29, 0.717) is 33.6 Å². The van der Waals surface area contributed by atoms with Gasteiger partial charge in [-0.3, -0.25) is 4.79 Å². The van der Waals surface area contributed by atoms with E-state index in [1.54, 1.807) is 44.6 Å². The van der Waals surface area contributed by atoms with Gasteiger partial charge in [-0.2, -0.15) is 0 Å². The molecule has 0 spiro atoms. The zero-order valence-electron chi connectivity index (χ0n) is 19.1. The minimum Gasteiger partial charge on any atom is -0.497 e. The van der Waals surface area contributed by atoms with Gasteiger partial charge in [0.15, 0.2) is 5.82 Å². The predicted molar refractivity (Wildman–Crippen MR) is 133 cm³/mol. The highest BCUT2D eigenvalue weighted by atomic mass is 32.2. The van der Waals surface area contributed by atoms with Crippen molar-refractivity contribution in [2.75, 3.05) is 25.3 Å². The molecule has 1 heterocycles. The molecule has 0 radical (unpaired) electrons. The summed E-state index contributed by atoms with van der Waals surface area (Å²) in [4.78, 5) is 22.2. The van der Waals surface area contributed by atoms with Crippen LogP contribution >= 0.6 is 11.8 Å². The first-order chi connectivity index (χ1) is 16.5. The topological polar surface area (TPSA) is 73.3 Å². The number of carbonyl (C=O) groups excluding carboxylic acids is 1. The number of carbonyl (C=O) groups is 1. The number of hydrogen-bond acceptors (Lipinski definition) is 6. The number of anilines is 1. The van der Waals surface area contributed by atoms with Crippen molar-refractivity contribution in [1.82, 2.24) is 9.97 Å². The fraction of sp³-hybridized carbons (Fsp3) is 0.192. The third-order valence-corrected chi connectivity index (χ3v) is 6.25. The Balaban J connectivity index is 1.62. The van der Waals surface area contributed by atoms with Crippen molar-refractivity contribution in [2.24, 2.45) is 0 Å². The molecule has 4 aromatic rings. The number of halogens is 1. The lowest BCUT2D eigenvalue weighted by Crippen LogP contribution is -2.15. The first-order valence-corrected chi connectivity index (χ1v) is 11.7. The fourth-order valence-electron chi connectivity index (χ4n) is 3.44. The van der Waals surface area contributed by atoms with Crippen molar-refractivity contribution in [1.29, 1.82) is 0 Å². The molecule has 34 heavy (non-hydrogen) atoms. The number of thioether (sulfide) groups is 1. The van der Waals surface area contributed by atoms with Crippen molar-refractivity contribution in [3.63, 3.8) is 0 Å². The molecule has 0 unspecified atom stereocenters. The highest BCUT2D eigenvalue weighted by Crippen LogP contribution is 2.31. The maximum absolute atomic E-state index is 13.4. The number of amides is 1. The number of hydrogen-bond donors (Lipinski definition) is 1. The Kier molecular flexibility index (Phi) is 7.27. The second-order valence-electron chi connectivity index (χ2n) is 7.47. The smallest absolute Gasteiger partial charge is 0.234 e. The summed E-state index contributed by atoms with van der Waals surface area (Å²) in [6, 6.07) is 17.3. The van der Waals surface area contributed by atoms with Crippen LogP contribution in [0.5, 0.6) is 11.5 Å². The number of nitrogens with one attached hydrogen (secondary N) is 1. The largest absolute Gasteiger partial charge is 0.497 e. The third kappa shape index (κ3) is 5.28. The number of aromatic nitrogens is 2. The maximum Gasteiger partial charge on any atom is 0.234 e. The fourth-order valence-corrected chi connectivity index (χ4v) is 4.25. The number of aryl methyl sites for hydroxylation is 1. The third-order valence-electron chi connectivity index (χ3n) is 5.26. The van der Waals surface area contributed by atoms with Gasteiger partial charge in [0.1, 0.15) is 22.3 Å². The molecule has 0 aliphatic rings. The van der Waals surface area contributed by atoms with Gasteiger partial charge in [0.05, 0.1) is 31.2 Å². The zero-order chi connectivity index (χ0) is 24.1. The summed E-state index contributed by atoms with van der Waals surface area (Å²) >= 11 is 1.32. The average Bonchev–Trinajstić information content (AvgIpc) is 2.87. The Morgan fingerprint density at radius 2 is 1.79 bits per heavy atom. The van der Waals surface area contributed by atoms with Gasteiger partial charge in [-0.1, -0.05) is 24.8 Å². The Bertz CT molecular complexity index is 1330. The van der Waals surface area contributed by atoms with E-state index in [2.05, 4.69) is 23.3 Å². The van der Waals surface area contributed by atoms with Gasteiger partial charge in [0.25, 0.3) is 0 Å². The second-order valence-corrected chi connectivity index (χ2v) is 8.43. The van der Waals surface area contributed by atoms with Crippen LogP contribution in [0.25, 0.3) is 22.3 Å². The molecule has 174 valence electrons. The molecule has 4 rings (SSSR count). The number of benzene rings is 3. The Labute approximate surface area is 201 Å². The number of nitrogens with zero attached hydrogens (tertiary/aromatic N) is 2. The van der Waals surface area contributed by atoms with Crippen LogP contribution in [0.1, 0.15) is 12.5 Å². The Hall–Kier alpha value is -3.65. The van der Waals surface area contributed by atoms with Gasteiger partial charge < -0.3 is 14.8 Å². The molecular formula is C26H24FN3O3S. The summed E-state index contributed by atoms with van der Waals surface area (Å²) in [5.41, 5.74) is 3.15. The van der Waals surface area contributed by atoms with Gasteiger partial charge in [-0.25, -0.2) is 14.4 Å². The lowest BCUT2D eigenvalue weighted by molar-refractivity contribution is -0.113. The molecule has 6 nitrogen and oxygen atoms in total. The Morgan fingerprint density at radius 1 is 1.00 bits per heavy atom. The molecule has 1 N–H and O–H groups in total. The van der Waals surface area contributed by atoms with Crippen molar-refractivity contribution in [2.45, 2.75) is 18.4 Å². The molecular weight excluding hydrogens is 453 g/mol. The van der Waals surface area contributed by atoms with Crippen LogP contribution in [-0.4, -0.2) is 35.8 Å². The summed E-state index contributed by atoms with van der Waals surface area (Å²) < 4.78 is 24.0. The van der Waals surface area contributed by atoms with Crippen LogP contribution in [0, 0.1) is 5.82 Å². The summed E-state index contributed by atoms with van der Waals surface area (Å²) in [7, 11) is 3.11. The molecule has 1 aromatic heterocycles. The van der Waals surface area contributed by atoms with Crippen molar-refractivity contribution in [3.05, 3.63) is 72.0 Å². The lowest BCUT2D eigenvalue weighted by atomic mass is 10.1. The van der Waals surface area contributed by atoms with Crippen LogP contribution in [0.15, 0.2) is 65.7 Å². The van der Waals surface area contributed by atoms with Crippen LogP contribution in [-0.2, 0) is 11.2 Å². The van der Waals surface area contributed by atoms with Crippen LogP contribution in [0.4, 0.5) is 10.1 Å². The molecule has 0 aliphatic carbocycles. The minimum atomic E-state index is -0.323. The van der Waals surface area contributed by atoms with Crippen LogP contribution in [0.3, 0.4) is 0 Å². The number of fused-ring (bicyclic) bond motifs is 1. The standard InChI is InChI=1S/C26H24FN3O3S/c1-4-16-5-11-21-20(13-16)26(30-25(29-21)17-6-8-18(27)9-7-17)34-15-24(31)28-22-14-19(32-2)10-12-23(22)33-3/h5-14H,4,15H2,1-3H3,(H,28,31). The van der Waals surface area contributed by atoms with Gasteiger partial charge >= 0.3 is 0 Å². The lowest BCUT2D eigenvalue weighted by Gasteiger charge is -2.12. The van der Waals surface area contributed by atoms with Crippen molar-refractivity contribution >= 4 is 34.3 Å². The quantitative estimate of drug-likeness (QED) is 0.257. The maximum atomic E-state index is 13.4. The molecule has 8 heteroatoms. The van der Waals surface area contributed by atoms with E-state index in [9.17, 15) is 9.18 Å². The number of methoxy groups -OCH3 is 2. The van der Waals surface area contributed by atoms with Crippen molar-refractivity contribution in [3.8, 4) is 22.9 Å². The van der Waals surface area contributed by atoms with Gasteiger partial charge in [0.2, 0.25) is 5.91 Å².